The monoisotopic (exact) mass is 304 g/mol. The number of hydrogen-bond donors (Lipinski definition) is 1. The minimum Gasteiger partial charge on any atom is -0.486 e. The Kier molecular flexibility index (Phi) is 5.37. The van der Waals surface area contributed by atoms with Crippen LogP contribution in [0.5, 0.6) is 5.75 Å². The average Bonchev–Trinajstić information content (AvgIpc) is 2.78. The van der Waals surface area contributed by atoms with Crippen LogP contribution in [0.2, 0.25) is 0 Å². The van der Waals surface area contributed by atoms with Crippen LogP contribution in [0.25, 0.3) is 0 Å². The Morgan fingerprint density at radius 3 is 2.71 bits per heavy atom. The van der Waals surface area contributed by atoms with Gasteiger partial charge in [0.05, 0.1) is 5.69 Å². The third-order valence-electron chi connectivity index (χ3n) is 3.51. The van der Waals surface area contributed by atoms with E-state index in [-0.39, 0.29) is 0 Å². The highest BCUT2D eigenvalue weighted by molar-refractivity contribution is 7.11. The van der Waals surface area contributed by atoms with Crippen molar-refractivity contribution < 1.29 is 4.74 Å². The van der Waals surface area contributed by atoms with E-state index in [0.717, 1.165) is 23.0 Å². The molecule has 0 aliphatic heterocycles. The van der Waals surface area contributed by atoms with Crippen molar-refractivity contribution in [2.75, 3.05) is 0 Å². The van der Waals surface area contributed by atoms with Crippen molar-refractivity contribution in [3.05, 3.63) is 44.9 Å². The first kappa shape index (κ1) is 16.0. The molecule has 0 bridgehead atoms. The van der Waals surface area contributed by atoms with E-state index < -0.39 is 0 Å². The number of benzene rings is 1. The summed E-state index contributed by atoms with van der Waals surface area (Å²) in [5.74, 6) is 0.949. The predicted octanol–water partition coefficient (Wildman–Crippen LogP) is 4.15. The van der Waals surface area contributed by atoms with E-state index in [2.05, 4.69) is 51.0 Å². The van der Waals surface area contributed by atoms with Crippen molar-refractivity contribution >= 4 is 11.3 Å². The molecule has 0 aliphatic carbocycles. The standard InChI is InChI=1S/C17H24N2OS/c1-11(2)18-9-16-14(5)19-17(21-16)10-20-15-8-6-7-12(3)13(15)4/h6-8,11,18H,9-10H2,1-5H3. The van der Waals surface area contributed by atoms with E-state index in [9.17, 15) is 0 Å². The number of ether oxygens (including phenoxy) is 1. The van der Waals surface area contributed by atoms with Gasteiger partial charge in [-0.1, -0.05) is 26.0 Å². The van der Waals surface area contributed by atoms with Gasteiger partial charge in [0.15, 0.2) is 0 Å². The van der Waals surface area contributed by atoms with Crippen LogP contribution in [0.15, 0.2) is 18.2 Å². The lowest BCUT2D eigenvalue weighted by Crippen LogP contribution is -2.21. The van der Waals surface area contributed by atoms with Crippen molar-refractivity contribution in [3.63, 3.8) is 0 Å². The molecule has 0 saturated heterocycles. The van der Waals surface area contributed by atoms with Gasteiger partial charge in [-0.05, 0) is 38.0 Å². The summed E-state index contributed by atoms with van der Waals surface area (Å²) in [6.45, 7) is 12.0. The number of rotatable bonds is 6. The summed E-state index contributed by atoms with van der Waals surface area (Å²) in [6.07, 6.45) is 0. The van der Waals surface area contributed by atoms with Gasteiger partial charge in [0.25, 0.3) is 0 Å². The van der Waals surface area contributed by atoms with E-state index in [4.69, 9.17) is 4.74 Å². The van der Waals surface area contributed by atoms with Crippen LogP contribution < -0.4 is 10.1 Å². The Balaban J connectivity index is 2.00. The first-order chi connectivity index (χ1) is 9.97. The highest BCUT2D eigenvalue weighted by Crippen LogP contribution is 2.24. The van der Waals surface area contributed by atoms with Crippen molar-refractivity contribution in [3.8, 4) is 5.75 Å². The lowest BCUT2D eigenvalue weighted by Gasteiger charge is -2.09. The van der Waals surface area contributed by atoms with Gasteiger partial charge < -0.3 is 10.1 Å². The van der Waals surface area contributed by atoms with Crippen LogP contribution in [-0.4, -0.2) is 11.0 Å². The second kappa shape index (κ2) is 7.05. The van der Waals surface area contributed by atoms with E-state index in [0.29, 0.717) is 12.6 Å². The summed E-state index contributed by atoms with van der Waals surface area (Å²) in [7, 11) is 0. The Hall–Kier alpha value is -1.39. The number of nitrogens with zero attached hydrogens (tertiary/aromatic N) is 1. The Morgan fingerprint density at radius 2 is 2.00 bits per heavy atom. The second-order valence-corrected chi connectivity index (χ2v) is 6.81. The van der Waals surface area contributed by atoms with Gasteiger partial charge in [0.1, 0.15) is 17.4 Å². The van der Waals surface area contributed by atoms with E-state index in [1.165, 1.54) is 16.0 Å². The average molecular weight is 304 g/mol. The van der Waals surface area contributed by atoms with Gasteiger partial charge in [-0.25, -0.2) is 4.98 Å². The molecule has 0 aliphatic rings. The molecular formula is C17H24N2OS. The minimum atomic E-state index is 0.487. The summed E-state index contributed by atoms with van der Waals surface area (Å²) >= 11 is 1.73. The van der Waals surface area contributed by atoms with Crippen molar-refractivity contribution in [2.24, 2.45) is 0 Å². The number of thiazole rings is 1. The zero-order valence-electron chi connectivity index (χ0n) is 13.5. The summed E-state index contributed by atoms with van der Waals surface area (Å²) in [5, 5.41) is 4.47. The normalized spacial score (nSPS) is 11.1. The quantitative estimate of drug-likeness (QED) is 0.870. The molecule has 0 saturated carbocycles. The molecule has 21 heavy (non-hydrogen) atoms. The molecule has 0 unspecified atom stereocenters. The fourth-order valence-corrected chi connectivity index (χ4v) is 2.96. The molecule has 0 atom stereocenters. The molecule has 3 nitrogen and oxygen atoms in total. The van der Waals surface area contributed by atoms with Crippen LogP contribution in [0.3, 0.4) is 0 Å². The molecule has 1 heterocycles. The summed E-state index contributed by atoms with van der Waals surface area (Å²) in [4.78, 5) is 5.90. The Bertz CT molecular complexity index is 605. The zero-order valence-corrected chi connectivity index (χ0v) is 14.3. The molecule has 1 aromatic carbocycles. The molecule has 0 fully saturated rings. The van der Waals surface area contributed by atoms with E-state index >= 15 is 0 Å². The number of nitrogens with one attached hydrogen (secondary N) is 1. The van der Waals surface area contributed by atoms with Crippen LogP contribution in [0.4, 0.5) is 0 Å². The van der Waals surface area contributed by atoms with Gasteiger partial charge in [-0.15, -0.1) is 11.3 Å². The molecule has 1 aromatic heterocycles. The highest BCUT2D eigenvalue weighted by atomic mass is 32.1. The number of aryl methyl sites for hydroxylation is 2. The molecule has 2 aromatic rings. The van der Waals surface area contributed by atoms with Gasteiger partial charge in [-0.3, -0.25) is 0 Å². The van der Waals surface area contributed by atoms with Crippen LogP contribution >= 0.6 is 11.3 Å². The summed E-state index contributed by atoms with van der Waals surface area (Å²) < 4.78 is 5.93. The SMILES string of the molecule is Cc1cccc(OCc2nc(C)c(CNC(C)C)s2)c1C. The van der Waals surface area contributed by atoms with Gasteiger partial charge in [0, 0.05) is 17.5 Å². The number of aromatic nitrogens is 1. The summed E-state index contributed by atoms with van der Waals surface area (Å²) in [5.41, 5.74) is 3.56. The molecular weight excluding hydrogens is 280 g/mol. The van der Waals surface area contributed by atoms with E-state index in [1.807, 2.05) is 12.1 Å². The lowest BCUT2D eigenvalue weighted by atomic mass is 10.1. The van der Waals surface area contributed by atoms with E-state index in [1.54, 1.807) is 11.3 Å². The van der Waals surface area contributed by atoms with Gasteiger partial charge >= 0.3 is 0 Å². The molecule has 0 amide bonds. The smallest absolute Gasteiger partial charge is 0.140 e. The topological polar surface area (TPSA) is 34.1 Å². The van der Waals surface area contributed by atoms with Crippen molar-refractivity contribution in [1.82, 2.24) is 10.3 Å². The first-order valence-electron chi connectivity index (χ1n) is 7.35. The second-order valence-electron chi connectivity index (χ2n) is 5.64. The maximum atomic E-state index is 5.93. The fourth-order valence-electron chi connectivity index (χ4n) is 2.03. The molecule has 0 spiro atoms. The molecule has 0 radical (unpaired) electrons. The van der Waals surface area contributed by atoms with Crippen LogP contribution in [-0.2, 0) is 13.2 Å². The first-order valence-corrected chi connectivity index (χ1v) is 8.16. The third kappa shape index (κ3) is 4.29. The molecule has 2 rings (SSSR count). The largest absolute Gasteiger partial charge is 0.486 e. The van der Waals surface area contributed by atoms with Gasteiger partial charge in [0.2, 0.25) is 0 Å². The zero-order chi connectivity index (χ0) is 15.4. The molecule has 1 N–H and O–H groups in total. The summed E-state index contributed by atoms with van der Waals surface area (Å²) in [6, 6.07) is 6.64. The minimum absolute atomic E-state index is 0.487. The molecule has 4 heteroatoms. The van der Waals surface area contributed by atoms with Crippen molar-refractivity contribution in [2.45, 2.75) is 53.8 Å². The Morgan fingerprint density at radius 1 is 1.24 bits per heavy atom. The third-order valence-corrected chi connectivity index (χ3v) is 4.64. The van der Waals surface area contributed by atoms with Gasteiger partial charge in [-0.2, -0.15) is 0 Å². The molecule has 114 valence electrons. The maximum Gasteiger partial charge on any atom is 0.140 e. The fraction of sp³-hybridized carbons (Fsp3) is 0.471. The number of hydrogen-bond acceptors (Lipinski definition) is 4. The predicted molar refractivity (Wildman–Crippen MR) is 89.1 cm³/mol. The maximum absolute atomic E-state index is 5.93. The van der Waals surface area contributed by atoms with Crippen molar-refractivity contribution in [1.29, 1.82) is 0 Å². The lowest BCUT2D eigenvalue weighted by molar-refractivity contribution is 0.303. The van der Waals surface area contributed by atoms with Crippen LogP contribution in [0.1, 0.15) is 40.6 Å². The Labute approximate surface area is 131 Å². The van der Waals surface area contributed by atoms with Crippen LogP contribution in [0, 0.1) is 20.8 Å². The highest BCUT2D eigenvalue weighted by Gasteiger charge is 2.09.